The molecule has 17 heavy (non-hydrogen) atoms. The number of allylic oxidation sites excluding steroid dienone is 1. The lowest BCUT2D eigenvalue weighted by atomic mass is 9.90. The van der Waals surface area contributed by atoms with Gasteiger partial charge in [0.1, 0.15) is 5.82 Å². The number of hydrogen-bond acceptors (Lipinski definition) is 1. The summed E-state index contributed by atoms with van der Waals surface area (Å²) in [7, 11) is 1.89. The van der Waals surface area contributed by atoms with Gasteiger partial charge in [0, 0.05) is 10.0 Å². The fourth-order valence-corrected chi connectivity index (χ4v) is 2.73. The van der Waals surface area contributed by atoms with Crippen molar-refractivity contribution in [2.24, 2.45) is 0 Å². The molecule has 0 aliphatic heterocycles. The van der Waals surface area contributed by atoms with Crippen LogP contribution in [0.2, 0.25) is 0 Å². The van der Waals surface area contributed by atoms with Gasteiger partial charge >= 0.3 is 0 Å². The van der Waals surface area contributed by atoms with Crippen LogP contribution in [-0.4, -0.2) is 7.05 Å². The molecule has 0 saturated heterocycles. The van der Waals surface area contributed by atoms with Crippen molar-refractivity contribution in [3.05, 3.63) is 45.7 Å². The standard InChI is InChI=1S/C14H17BrFN/c1-17-14(10-5-3-2-4-6-10)12-8-7-11(15)9-13(12)16/h5,7-9,14,17H,2-4,6H2,1H3. The van der Waals surface area contributed by atoms with Gasteiger partial charge in [-0.15, -0.1) is 0 Å². The molecule has 1 aliphatic rings. The summed E-state index contributed by atoms with van der Waals surface area (Å²) in [6, 6.07) is 5.30. The Labute approximate surface area is 110 Å². The maximum absolute atomic E-state index is 13.9. The molecule has 0 saturated carbocycles. The van der Waals surface area contributed by atoms with Crippen LogP contribution in [0, 0.1) is 5.82 Å². The van der Waals surface area contributed by atoms with E-state index in [1.807, 2.05) is 19.2 Å². The predicted molar refractivity (Wildman–Crippen MR) is 72.5 cm³/mol. The summed E-state index contributed by atoms with van der Waals surface area (Å²) in [5.41, 5.74) is 2.06. The zero-order chi connectivity index (χ0) is 12.3. The molecule has 1 N–H and O–H groups in total. The second kappa shape index (κ2) is 5.78. The molecule has 1 aromatic carbocycles. The van der Waals surface area contributed by atoms with E-state index in [0.29, 0.717) is 0 Å². The summed E-state index contributed by atoms with van der Waals surface area (Å²) in [5.74, 6) is -0.148. The Morgan fingerprint density at radius 1 is 1.35 bits per heavy atom. The van der Waals surface area contributed by atoms with E-state index in [9.17, 15) is 4.39 Å². The lowest BCUT2D eigenvalue weighted by molar-refractivity contribution is 0.546. The van der Waals surface area contributed by atoms with Gasteiger partial charge in [-0.05, 0) is 44.9 Å². The molecular weight excluding hydrogens is 281 g/mol. The van der Waals surface area contributed by atoms with Crippen molar-refractivity contribution in [1.82, 2.24) is 5.32 Å². The summed E-state index contributed by atoms with van der Waals surface area (Å²) in [4.78, 5) is 0. The molecule has 0 amide bonds. The molecule has 0 spiro atoms. The highest BCUT2D eigenvalue weighted by Gasteiger charge is 2.19. The van der Waals surface area contributed by atoms with Crippen LogP contribution in [0.15, 0.2) is 34.3 Å². The third kappa shape index (κ3) is 2.96. The fraction of sp³-hybridized carbons (Fsp3) is 0.429. The van der Waals surface area contributed by atoms with Gasteiger partial charge in [-0.3, -0.25) is 0 Å². The Morgan fingerprint density at radius 2 is 2.18 bits per heavy atom. The summed E-state index contributed by atoms with van der Waals surface area (Å²) >= 11 is 3.29. The molecule has 1 nitrogen and oxygen atoms in total. The van der Waals surface area contributed by atoms with E-state index < -0.39 is 0 Å². The first-order valence-electron chi connectivity index (χ1n) is 6.03. The molecule has 0 heterocycles. The SMILES string of the molecule is CNC(C1=CCCCC1)c1ccc(Br)cc1F. The molecule has 1 atom stereocenters. The van der Waals surface area contributed by atoms with Gasteiger partial charge in [0.05, 0.1) is 6.04 Å². The van der Waals surface area contributed by atoms with Gasteiger partial charge in [0.2, 0.25) is 0 Å². The van der Waals surface area contributed by atoms with Gasteiger partial charge in [-0.25, -0.2) is 4.39 Å². The van der Waals surface area contributed by atoms with E-state index in [1.54, 1.807) is 0 Å². The highest BCUT2D eigenvalue weighted by Crippen LogP contribution is 2.31. The van der Waals surface area contributed by atoms with E-state index in [0.717, 1.165) is 22.9 Å². The molecule has 0 fully saturated rings. The lowest BCUT2D eigenvalue weighted by Gasteiger charge is -2.23. The number of halogens is 2. The Balaban J connectivity index is 2.31. The van der Waals surface area contributed by atoms with Crippen molar-refractivity contribution in [1.29, 1.82) is 0 Å². The summed E-state index contributed by atoms with van der Waals surface area (Å²) < 4.78 is 14.7. The fourth-order valence-electron chi connectivity index (χ4n) is 2.40. The van der Waals surface area contributed by atoms with Crippen LogP contribution in [0.3, 0.4) is 0 Å². The van der Waals surface area contributed by atoms with Gasteiger partial charge in [-0.2, -0.15) is 0 Å². The Morgan fingerprint density at radius 3 is 2.76 bits per heavy atom. The first-order valence-corrected chi connectivity index (χ1v) is 6.83. The van der Waals surface area contributed by atoms with Crippen LogP contribution in [0.1, 0.15) is 37.3 Å². The monoisotopic (exact) mass is 297 g/mol. The van der Waals surface area contributed by atoms with Gasteiger partial charge in [0.15, 0.2) is 0 Å². The van der Waals surface area contributed by atoms with Crippen molar-refractivity contribution >= 4 is 15.9 Å². The molecule has 2 rings (SSSR count). The second-order valence-electron chi connectivity index (χ2n) is 4.41. The molecule has 1 unspecified atom stereocenters. The van der Waals surface area contributed by atoms with E-state index in [-0.39, 0.29) is 11.9 Å². The van der Waals surface area contributed by atoms with Crippen molar-refractivity contribution in [2.75, 3.05) is 7.05 Å². The lowest BCUT2D eigenvalue weighted by Crippen LogP contribution is -2.21. The summed E-state index contributed by atoms with van der Waals surface area (Å²) in [5, 5.41) is 3.22. The molecule has 92 valence electrons. The average Bonchev–Trinajstić information content (AvgIpc) is 2.34. The Hall–Kier alpha value is -0.670. The normalized spacial score (nSPS) is 17.7. The van der Waals surface area contributed by atoms with Crippen molar-refractivity contribution in [3.8, 4) is 0 Å². The van der Waals surface area contributed by atoms with E-state index >= 15 is 0 Å². The zero-order valence-corrected chi connectivity index (χ0v) is 11.6. The van der Waals surface area contributed by atoms with Crippen LogP contribution in [0.4, 0.5) is 4.39 Å². The number of hydrogen-bond donors (Lipinski definition) is 1. The smallest absolute Gasteiger partial charge is 0.129 e. The third-order valence-electron chi connectivity index (χ3n) is 3.26. The van der Waals surface area contributed by atoms with Crippen LogP contribution < -0.4 is 5.32 Å². The van der Waals surface area contributed by atoms with Crippen LogP contribution in [-0.2, 0) is 0 Å². The highest BCUT2D eigenvalue weighted by molar-refractivity contribution is 9.10. The Kier molecular flexibility index (Phi) is 4.35. The quantitative estimate of drug-likeness (QED) is 0.818. The minimum absolute atomic E-state index is 0.0170. The van der Waals surface area contributed by atoms with Crippen molar-refractivity contribution in [3.63, 3.8) is 0 Å². The first-order chi connectivity index (χ1) is 8.22. The Bertz CT molecular complexity index is 428. The van der Waals surface area contributed by atoms with E-state index in [1.165, 1.54) is 24.5 Å². The van der Waals surface area contributed by atoms with E-state index in [4.69, 9.17) is 0 Å². The molecule has 1 aromatic rings. The van der Waals surface area contributed by atoms with Crippen LogP contribution in [0.5, 0.6) is 0 Å². The van der Waals surface area contributed by atoms with Gasteiger partial charge in [0.25, 0.3) is 0 Å². The largest absolute Gasteiger partial charge is 0.310 e. The molecular formula is C14H17BrFN. The average molecular weight is 298 g/mol. The van der Waals surface area contributed by atoms with E-state index in [2.05, 4.69) is 27.3 Å². The van der Waals surface area contributed by atoms with Crippen molar-refractivity contribution < 1.29 is 4.39 Å². The maximum atomic E-state index is 13.9. The molecule has 1 aliphatic carbocycles. The number of rotatable bonds is 3. The third-order valence-corrected chi connectivity index (χ3v) is 3.75. The second-order valence-corrected chi connectivity index (χ2v) is 5.33. The number of nitrogens with one attached hydrogen (secondary N) is 1. The van der Waals surface area contributed by atoms with Gasteiger partial charge < -0.3 is 5.32 Å². The van der Waals surface area contributed by atoms with Crippen LogP contribution in [0.25, 0.3) is 0 Å². The summed E-state index contributed by atoms with van der Waals surface area (Å²) in [6.45, 7) is 0. The predicted octanol–water partition coefficient (Wildman–Crippen LogP) is 4.35. The van der Waals surface area contributed by atoms with Crippen LogP contribution >= 0.6 is 15.9 Å². The minimum atomic E-state index is -0.148. The number of likely N-dealkylation sites (N-methyl/N-ethyl adjacent to an activating group) is 1. The summed E-state index contributed by atoms with van der Waals surface area (Å²) in [6.07, 6.45) is 6.91. The maximum Gasteiger partial charge on any atom is 0.129 e. The van der Waals surface area contributed by atoms with Gasteiger partial charge in [-0.1, -0.05) is 33.6 Å². The number of benzene rings is 1. The zero-order valence-electron chi connectivity index (χ0n) is 9.97. The molecule has 0 aromatic heterocycles. The topological polar surface area (TPSA) is 12.0 Å². The minimum Gasteiger partial charge on any atom is -0.310 e. The molecule has 0 radical (unpaired) electrons. The molecule has 3 heteroatoms. The molecule has 0 bridgehead atoms. The van der Waals surface area contributed by atoms with Crippen molar-refractivity contribution in [2.45, 2.75) is 31.7 Å². The highest BCUT2D eigenvalue weighted by atomic mass is 79.9. The first kappa shape index (κ1) is 12.8.